The lowest BCUT2D eigenvalue weighted by atomic mass is 10.0. The Morgan fingerprint density at radius 1 is 0.968 bits per heavy atom. The number of carboxylic acid groups (broad SMARTS) is 1. The van der Waals surface area contributed by atoms with Crippen molar-refractivity contribution in [1.29, 1.82) is 0 Å². The van der Waals surface area contributed by atoms with Crippen LogP contribution in [0.3, 0.4) is 0 Å². The molecule has 0 radical (unpaired) electrons. The number of hydrogen-bond acceptors (Lipinski definition) is 3. The molecule has 0 aliphatic rings. The van der Waals surface area contributed by atoms with Gasteiger partial charge in [0.2, 0.25) is 5.91 Å². The van der Waals surface area contributed by atoms with Crippen LogP contribution in [-0.4, -0.2) is 21.6 Å². The third-order valence-electron chi connectivity index (χ3n) is 5.01. The second-order valence-electron chi connectivity index (χ2n) is 7.16. The van der Waals surface area contributed by atoms with Crippen LogP contribution in [0.15, 0.2) is 85.1 Å². The molecule has 0 saturated carbocycles. The maximum Gasteiger partial charge on any atom is 0.336 e. The number of ether oxygens (including phenoxy) is 1. The lowest BCUT2D eigenvalue weighted by Gasteiger charge is -2.07. The lowest BCUT2D eigenvalue weighted by molar-refractivity contribution is -0.130. The van der Waals surface area contributed by atoms with Gasteiger partial charge in [-0.25, -0.2) is 4.79 Å². The Kier molecular flexibility index (Phi) is 5.67. The minimum Gasteiger partial charge on any atom is -0.489 e. The molecule has 0 aliphatic carbocycles. The largest absolute Gasteiger partial charge is 0.489 e. The number of aliphatic carboxylic acids is 1. The molecule has 31 heavy (non-hydrogen) atoms. The summed E-state index contributed by atoms with van der Waals surface area (Å²) in [5.41, 5.74) is 3.12. The number of carbonyl (C=O) groups excluding carboxylic acids is 1. The molecule has 3 aromatic carbocycles. The molecule has 4 rings (SSSR count). The Morgan fingerprint density at radius 2 is 1.65 bits per heavy atom. The van der Waals surface area contributed by atoms with E-state index in [2.05, 4.69) is 0 Å². The van der Waals surface area contributed by atoms with Gasteiger partial charge in [0.25, 0.3) is 0 Å². The summed E-state index contributed by atoms with van der Waals surface area (Å²) in [6.45, 7) is 1.89. The molecule has 0 saturated heterocycles. The normalized spacial score (nSPS) is 11.5. The van der Waals surface area contributed by atoms with Gasteiger partial charge in [0.1, 0.15) is 12.4 Å². The third-order valence-corrected chi connectivity index (χ3v) is 5.01. The van der Waals surface area contributed by atoms with Crippen LogP contribution < -0.4 is 4.74 Å². The van der Waals surface area contributed by atoms with E-state index in [1.54, 1.807) is 36.5 Å². The van der Waals surface area contributed by atoms with Gasteiger partial charge < -0.3 is 9.84 Å². The van der Waals surface area contributed by atoms with Crippen molar-refractivity contribution in [2.45, 2.75) is 13.5 Å². The van der Waals surface area contributed by atoms with Gasteiger partial charge in [-0.3, -0.25) is 9.36 Å². The summed E-state index contributed by atoms with van der Waals surface area (Å²) in [5, 5.41) is 10.5. The van der Waals surface area contributed by atoms with Crippen LogP contribution in [0.1, 0.15) is 28.4 Å². The third kappa shape index (κ3) is 4.41. The second-order valence-corrected chi connectivity index (χ2v) is 7.16. The first-order valence-corrected chi connectivity index (χ1v) is 9.86. The SMILES string of the molecule is CC(=O)n1cc(/C=C(/C(=O)O)c2ccccc2)c2cc(OCc3ccccc3)ccc21. The van der Waals surface area contributed by atoms with Crippen LogP contribution in [0.25, 0.3) is 22.6 Å². The summed E-state index contributed by atoms with van der Waals surface area (Å²) in [4.78, 5) is 24.1. The first-order valence-electron chi connectivity index (χ1n) is 9.86. The van der Waals surface area contributed by atoms with E-state index in [0.717, 1.165) is 10.9 Å². The molecule has 0 bridgehead atoms. The van der Waals surface area contributed by atoms with Crippen LogP contribution in [-0.2, 0) is 11.4 Å². The molecule has 1 heterocycles. The van der Waals surface area contributed by atoms with Crippen molar-refractivity contribution in [2.24, 2.45) is 0 Å². The van der Waals surface area contributed by atoms with Crippen LogP contribution in [0.4, 0.5) is 0 Å². The zero-order valence-electron chi connectivity index (χ0n) is 17.0. The molecule has 0 amide bonds. The maximum absolute atomic E-state index is 12.2. The number of fused-ring (bicyclic) bond motifs is 1. The predicted octanol–water partition coefficient (Wildman–Crippen LogP) is 5.51. The summed E-state index contributed by atoms with van der Waals surface area (Å²) in [7, 11) is 0. The molecular weight excluding hydrogens is 390 g/mol. The molecule has 0 aliphatic heterocycles. The van der Waals surface area contributed by atoms with Crippen molar-refractivity contribution in [3.8, 4) is 5.75 Å². The number of rotatable bonds is 6. The van der Waals surface area contributed by atoms with Gasteiger partial charge >= 0.3 is 5.97 Å². The van der Waals surface area contributed by atoms with E-state index in [1.165, 1.54) is 11.5 Å². The van der Waals surface area contributed by atoms with Gasteiger partial charge in [-0.05, 0) is 35.4 Å². The number of carboxylic acids is 1. The first kappa shape index (κ1) is 20.2. The van der Waals surface area contributed by atoms with Gasteiger partial charge in [0.05, 0.1) is 11.1 Å². The monoisotopic (exact) mass is 411 g/mol. The van der Waals surface area contributed by atoms with Crippen LogP contribution in [0.2, 0.25) is 0 Å². The number of nitrogens with zero attached hydrogens (tertiary/aromatic N) is 1. The molecule has 0 spiro atoms. The smallest absolute Gasteiger partial charge is 0.336 e. The van der Waals surface area contributed by atoms with E-state index < -0.39 is 5.97 Å². The van der Waals surface area contributed by atoms with Crippen molar-refractivity contribution in [2.75, 3.05) is 0 Å². The molecule has 0 unspecified atom stereocenters. The Labute approximate surface area is 179 Å². The number of aromatic nitrogens is 1. The minimum absolute atomic E-state index is 0.152. The molecule has 5 nitrogen and oxygen atoms in total. The van der Waals surface area contributed by atoms with Gasteiger partial charge in [-0.2, -0.15) is 0 Å². The molecule has 1 aromatic heterocycles. The molecule has 0 atom stereocenters. The summed E-state index contributed by atoms with van der Waals surface area (Å²) in [6, 6.07) is 24.2. The van der Waals surface area contributed by atoms with Gasteiger partial charge in [0, 0.05) is 24.1 Å². The topological polar surface area (TPSA) is 68.5 Å². The highest BCUT2D eigenvalue weighted by atomic mass is 16.5. The van der Waals surface area contributed by atoms with Crippen molar-refractivity contribution < 1.29 is 19.4 Å². The fraction of sp³-hybridized carbons (Fsp3) is 0.0769. The van der Waals surface area contributed by atoms with Crippen LogP contribution >= 0.6 is 0 Å². The first-order chi connectivity index (χ1) is 15.0. The highest BCUT2D eigenvalue weighted by molar-refractivity contribution is 6.21. The number of carbonyl (C=O) groups is 2. The Bertz CT molecular complexity index is 1270. The van der Waals surface area contributed by atoms with Crippen molar-refractivity contribution in [3.63, 3.8) is 0 Å². The molecule has 1 N–H and O–H groups in total. The predicted molar refractivity (Wildman–Crippen MR) is 121 cm³/mol. The van der Waals surface area contributed by atoms with Gasteiger partial charge in [-0.15, -0.1) is 0 Å². The zero-order valence-corrected chi connectivity index (χ0v) is 17.0. The van der Waals surface area contributed by atoms with E-state index in [4.69, 9.17) is 4.74 Å². The number of hydrogen-bond donors (Lipinski definition) is 1. The average Bonchev–Trinajstić information content (AvgIpc) is 3.15. The van der Waals surface area contributed by atoms with E-state index in [9.17, 15) is 14.7 Å². The summed E-state index contributed by atoms with van der Waals surface area (Å²) < 4.78 is 7.45. The fourth-order valence-electron chi connectivity index (χ4n) is 3.48. The average molecular weight is 411 g/mol. The maximum atomic E-state index is 12.2. The van der Waals surface area contributed by atoms with E-state index in [0.29, 0.717) is 29.0 Å². The fourth-order valence-corrected chi connectivity index (χ4v) is 3.48. The van der Waals surface area contributed by atoms with Gasteiger partial charge in [-0.1, -0.05) is 60.7 Å². The Morgan fingerprint density at radius 3 is 2.29 bits per heavy atom. The summed E-state index contributed by atoms with van der Waals surface area (Å²) in [6.07, 6.45) is 3.26. The highest BCUT2D eigenvalue weighted by Gasteiger charge is 2.15. The van der Waals surface area contributed by atoms with Crippen LogP contribution in [0.5, 0.6) is 5.75 Å². The molecule has 154 valence electrons. The summed E-state index contributed by atoms with van der Waals surface area (Å²) >= 11 is 0. The Hall–Kier alpha value is -4.12. The summed E-state index contributed by atoms with van der Waals surface area (Å²) in [5.74, 6) is -0.547. The van der Waals surface area contributed by atoms with Gasteiger partial charge in [0.15, 0.2) is 0 Å². The quantitative estimate of drug-likeness (QED) is 0.425. The van der Waals surface area contributed by atoms with E-state index in [1.807, 2.05) is 54.6 Å². The standard InChI is InChI=1S/C26H21NO4/c1-18(28)27-16-21(14-24(26(29)30)20-10-6-3-7-11-20)23-15-22(12-13-25(23)27)31-17-19-8-4-2-5-9-19/h2-16H,17H2,1H3,(H,29,30)/b24-14+. The van der Waals surface area contributed by atoms with Crippen molar-refractivity contribution >= 4 is 34.4 Å². The zero-order chi connectivity index (χ0) is 21.8. The van der Waals surface area contributed by atoms with Crippen LogP contribution in [0, 0.1) is 0 Å². The highest BCUT2D eigenvalue weighted by Crippen LogP contribution is 2.30. The molecule has 4 aromatic rings. The molecular formula is C26H21NO4. The van der Waals surface area contributed by atoms with Crippen molar-refractivity contribution in [1.82, 2.24) is 4.57 Å². The van der Waals surface area contributed by atoms with E-state index in [-0.39, 0.29) is 11.5 Å². The second kappa shape index (κ2) is 8.71. The minimum atomic E-state index is -1.04. The van der Waals surface area contributed by atoms with E-state index >= 15 is 0 Å². The van der Waals surface area contributed by atoms with Crippen molar-refractivity contribution in [3.05, 3.63) is 102 Å². The molecule has 0 fully saturated rings. The number of benzene rings is 3. The lowest BCUT2D eigenvalue weighted by Crippen LogP contribution is -2.03. The molecule has 5 heteroatoms. The Balaban J connectivity index is 1.78.